The Morgan fingerprint density at radius 1 is 1.21 bits per heavy atom. The van der Waals surface area contributed by atoms with Crippen molar-refractivity contribution in [2.24, 2.45) is 0 Å². The van der Waals surface area contributed by atoms with E-state index in [2.05, 4.69) is 19.2 Å². The van der Waals surface area contributed by atoms with Gasteiger partial charge in [-0.2, -0.15) is 0 Å². The molecule has 4 nitrogen and oxygen atoms in total. The molecule has 1 N–H and O–H groups in total. The molecule has 0 aromatic heterocycles. The van der Waals surface area contributed by atoms with Crippen molar-refractivity contribution in [3.8, 4) is 5.75 Å². The van der Waals surface area contributed by atoms with Crippen LogP contribution in [-0.4, -0.2) is 24.2 Å². The molecule has 0 fully saturated rings. The second kappa shape index (κ2) is 9.07. The molecule has 4 heteroatoms. The molecule has 1 aromatic carbocycles. The minimum absolute atomic E-state index is 0.104. The molecule has 1 amide bonds. The molecule has 0 unspecified atom stereocenters. The highest BCUT2D eigenvalue weighted by molar-refractivity contribution is 5.97. The van der Waals surface area contributed by atoms with Crippen LogP contribution >= 0.6 is 0 Å². The van der Waals surface area contributed by atoms with Crippen LogP contribution in [-0.2, 0) is 9.53 Å². The molecule has 0 saturated carbocycles. The first-order valence-corrected chi connectivity index (χ1v) is 9.00. The Kier molecular flexibility index (Phi) is 7.74. The van der Waals surface area contributed by atoms with Gasteiger partial charge < -0.3 is 14.8 Å². The number of nitrogens with one attached hydrogen (secondary N) is 1. The average Bonchev–Trinajstić information content (AvgIpc) is 2.55. The van der Waals surface area contributed by atoms with Crippen molar-refractivity contribution in [1.82, 2.24) is 0 Å². The predicted octanol–water partition coefficient (Wildman–Crippen LogP) is 5.01. The summed E-state index contributed by atoms with van der Waals surface area (Å²) >= 11 is 0. The van der Waals surface area contributed by atoms with Gasteiger partial charge in [-0.05, 0) is 70.2 Å². The van der Waals surface area contributed by atoms with E-state index >= 15 is 0 Å². The summed E-state index contributed by atoms with van der Waals surface area (Å²) in [5.74, 6) is 0.802. The summed E-state index contributed by atoms with van der Waals surface area (Å²) in [6, 6.07) is 3.91. The van der Waals surface area contributed by atoms with Gasteiger partial charge in [-0.25, -0.2) is 0 Å². The number of rotatable bonds is 9. The summed E-state index contributed by atoms with van der Waals surface area (Å²) < 4.78 is 11.8. The first kappa shape index (κ1) is 20.5. The van der Waals surface area contributed by atoms with E-state index in [0.29, 0.717) is 13.0 Å². The maximum absolute atomic E-state index is 12.6. The van der Waals surface area contributed by atoms with Crippen molar-refractivity contribution < 1.29 is 14.3 Å². The number of anilines is 1. The van der Waals surface area contributed by atoms with Crippen LogP contribution in [0, 0.1) is 13.8 Å². The van der Waals surface area contributed by atoms with Crippen LogP contribution in [0.25, 0.3) is 0 Å². The number of carbonyl (C=O) groups excluding carboxylic acids is 1. The lowest BCUT2D eigenvalue weighted by Crippen LogP contribution is -2.42. The van der Waals surface area contributed by atoms with E-state index in [1.54, 1.807) is 0 Å². The van der Waals surface area contributed by atoms with Gasteiger partial charge in [-0.1, -0.05) is 20.8 Å². The Morgan fingerprint density at radius 2 is 1.79 bits per heavy atom. The third-order valence-corrected chi connectivity index (χ3v) is 4.39. The number of ether oxygens (including phenoxy) is 2. The van der Waals surface area contributed by atoms with E-state index in [1.165, 1.54) is 0 Å². The number of hydrogen-bond acceptors (Lipinski definition) is 3. The molecular weight excluding hydrogens is 302 g/mol. The Morgan fingerprint density at radius 3 is 2.25 bits per heavy atom. The van der Waals surface area contributed by atoms with Gasteiger partial charge in [-0.3, -0.25) is 4.79 Å². The van der Waals surface area contributed by atoms with Gasteiger partial charge >= 0.3 is 0 Å². The summed E-state index contributed by atoms with van der Waals surface area (Å²) in [7, 11) is 0. The zero-order valence-corrected chi connectivity index (χ0v) is 16.3. The monoisotopic (exact) mass is 335 g/mol. The summed E-state index contributed by atoms with van der Waals surface area (Å²) in [5.41, 5.74) is 2.03. The number of carbonyl (C=O) groups is 1. The smallest absolute Gasteiger partial charge is 0.256 e. The highest BCUT2D eigenvalue weighted by atomic mass is 16.5. The van der Waals surface area contributed by atoms with Crippen LogP contribution in [0.5, 0.6) is 5.75 Å². The normalized spacial score (nSPS) is 14.8. The van der Waals surface area contributed by atoms with Crippen molar-refractivity contribution in [3.63, 3.8) is 0 Å². The van der Waals surface area contributed by atoms with Gasteiger partial charge in [-0.15, -0.1) is 0 Å². The Balaban J connectivity index is 2.94. The molecule has 1 aromatic rings. The minimum atomic E-state index is -0.802. The van der Waals surface area contributed by atoms with Crippen LogP contribution in [0.1, 0.15) is 65.0 Å². The van der Waals surface area contributed by atoms with Gasteiger partial charge in [0.2, 0.25) is 0 Å². The van der Waals surface area contributed by atoms with Crippen molar-refractivity contribution in [2.45, 2.75) is 79.4 Å². The summed E-state index contributed by atoms with van der Waals surface area (Å²) in [4.78, 5) is 12.6. The average molecular weight is 335 g/mol. The number of amides is 1. The van der Waals surface area contributed by atoms with Crippen LogP contribution < -0.4 is 10.1 Å². The van der Waals surface area contributed by atoms with Crippen LogP contribution in [0.2, 0.25) is 0 Å². The molecular formula is C20H33NO3. The summed E-state index contributed by atoms with van der Waals surface area (Å²) in [6.45, 7) is 14.6. The number of benzene rings is 1. The Bertz CT molecular complexity index is 533. The SMILES string of the molecule is CCCO[C@@](C)(CC)C(=O)Nc1cc(C)c(O[C@H](C)CC)c(C)c1. The van der Waals surface area contributed by atoms with E-state index < -0.39 is 5.60 Å². The lowest BCUT2D eigenvalue weighted by molar-refractivity contribution is -0.139. The van der Waals surface area contributed by atoms with Gasteiger partial charge in [0.05, 0.1) is 6.10 Å². The molecule has 0 aliphatic heterocycles. The van der Waals surface area contributed by atoms with Crippen LogP contribution in [0.15, 0.2) is 12.1 Å². The van der Waals surface area contributed by atoms with E-state index in [9.17, 15) is 4.79 Å². The summed E-state index contributed by atoms with van der Waals surface area (Å²) in [6.07, 6.45) is 2.66. The van der Waals surface area contributed by atoms with E-state index in [4.69, 9.17) is 9.47 Å². The molecule has 2 atom stereocenters. The molecule has 24 heavy (non-hydrogen) atoms. The Labute approximate surface area is 146 Å². The second-order valence-electron chi connectivity index (χ2n) is 6.66. The molecule has 0 spiro atoms. The van der Waals surface area contributed by atoms with Crippen molar-refractivity contribution >= 4 is 11.6 Å². The molecule has 0 aliphatic rings. The first-order chi connectivity index (χ1) is 11.3. The van der Waals surface area contributed by atoms with E-state index in [-0.39, 0.29) is 12.0 Å². The quantitative estimate of drug-likeness (QED) is 0.689. The number of hydrogen-bond donors (Lipinski definition) is 1. The molecule has 1 rings (SSSR count). The van der Waals surface area contributed by atoms with Gasteiger partial charge in [0, 0.05) is 12.3 Å². The standard InChI is InChI=1S/C20H33NO3/c1-8-11-23-20(7,10-3)19(22)21-17-12-14(4)18(15(5)13-17)24-16(6)9-2/h12-13,16H,8-11H2,1-7H3,(H,21,22)/t16-,20+/m1/s1. The third kappa shape index (κ3) is 5.23. The molecule has 0 bridgehead atoms. The largest absolute Gasteiger partial charge is 0.490 e. The molecule has 136 valence electrons. The minimum Gasteiger partial charge on any atom is -0.490 e. The fourth-order valence-electron chi connectivity index (χ4n) is 2.41. The topological polar surface area (TPSA) is 47.6 Å². The van der Waals surface area contributed by atoms with E-state index in [1.807, 2.05) is 46.8 Å². The first-order valence-electron chi connectivity index (χ1n) is 9.00. The lowest BCUT2D eigenvalue weighted by atomic mass is 10.0. The fraction of sp³-hybridized carbons (Fsp3) is 0.650. The number of aryl methyl sites for hydroxylation is 2. The fourth-order valence-corrected chi connectivity index (χ4v) is 2.41. The maximum atomic E-state index is 12.6. The molecule has 0 radical (unpaired) electrons. The van der Waals surface area contributed by atoms with Crippen LogP contribution in [0.4, 0.5) is 5.69 Å². The predicted molar refractivity (Wildman–Crippen MR) is 99.9 cm³/mol. The highest BCUT2D eigenvalue weighted by Gasteiger charge is 2.32. The second-order valence-corrected chi connectivity index (χ2v) is 6.66. The van der Waals surface area contributed by atoms with Crippen LogP contribution in [0.3, 0.4) is 0 Å². The van der Waals surface area contributed by atoms with Crippen molar-refractivity contribution in [2.75, 3.05) is 11.9 Å². The molecule has 0 aliphatic carbocycles. The Hall–Kier alpha value is -1.55. The third-order valence-electron chi connectivity index (χ3n) is 4.39. The molecule has 0 heterocycles. The van der Waals surface area contributed by atoms with Gasteiger partial charge in [0.15, 0.2) is 0 Å². The highest BCUT2D eigenvalue weighted by Crippen LogP contribution is 2.29. The van der Waals surface area contributed by atoms with Crippen molar-refractivity contribution in [1.29, 1.82) is 0 Å². The lowest BCUT2D eigenvalue weighted by Gasteiger charge is -2.27. The van der Waals surface area contributed by atoms with Crippen molar-refractivity contribution in [3.05, 3.63) is 23.3 Å². The zero-order valence-electron chi connectivity index (χ0n) is 16.3. The van der Waals surface area contributed by atoms with Gasteiger partial charge in [0.1, 0.15) is 11.4 Å². The van der Waals surface area contributed by atoms with Gasteiger partial charge in [0.25, 0.3) is 5.91 Å². The maximum Gasteiger partial charge on any atom is 0.256 e. The van der Waals surface area contributed by atoms with E-state index in [0.717, 1.165) is 35.4 Å². The molecule has 0 saturated heterocycles. The summed E-state index contributed by atoms with van der Waals surface area (Å²) in [5, 5.41) is 3.00. The zero-order chi connectivity index (χ0) is 18.3.